The lowest BCUT2D eigenvalue weighted by Gasteiger charge is -2.29. The van der Waals surface area contributed by atoms with Crippen LogP contribution in [0.15, 0.2) is 18.2 Å². The van der Waals surface area contributed by atoms with Gasteiger partial charge in [0.25, 0.3) is 0 Å². The maximum atomic E-state index is 11.0. The number of rotatable bonds is 4. The fourth-order valence-electron chi connectivity index (χ4n) is 2.74. The van der Waals surface area contributed by atoms with E-state index in [4.69, 9.17) is 9.84 Å². The van der Waals surface area contributed by atoms with Gasteiger partial charge in [-0.25, -0.2) is 4.79 Å². The van der Waals surface area contributed by atoms with Crippen LogP contribution in [0.1, 0.15) is 43.0 Å². The van der Waals surface area contributed by atoms with Gasteiger partial charge < -0.3 is 15.2 Å². The van der Waals surface area contributed by atoms with Crippen molar-refractivity contribution in [1.29, 1.82) is 0 Å². The third-order valence-electron chi connectivity index (χ3n) is 3.74. The molecule has 2 unspecified atom stereocenters. The molecule has 2 rings (SSSR count). The van der Waals surface area contributed by atoms with E-state index in [0.29, 0.717) is 11.8 Å². The van der Waals surface area contributed by atoms with Gasteiger partial charge in [-0.05, 0) is 37.0 Å². The summed E-state index contributed by atoms with van der Waals surface area (Å²) >= 11 is 0. The second kappa shape index (κ2) is 5.95. The van der Waals surface area contributed by atoms with Crippen molar-refractivity contribution in [1.82, 2.24) is 0 Å². The van der Waals surface area contributed by atoms with Crippen molar-refractivity contribution in [3.8, 4) is 5.75 Å². The molecule has 0 heterocycles. The van der Waals surface area contributed by atoms with E-state index in [2.05, 4.69) is 12.2 Å². The van der Waals surface area contributed by atoms with Crippen LogP contribution in [0.25, 0.3) is 0 Å². The highest BCUT2D eigenvalue weighted by atomic mass is 16.5. The first-order valence-corrected chi connectivity index (χ1v) is 6.78. The minimum Gasteiger partial charge on any atom is -0.495 e. The number of carboxylic acid groups (broad SMARTS) is 1. The summed E-state index contributed by atoms with van der Waals surface area (Å²) in [6.45, 7) is 2.26. The van der Waals surface area contributed by atoms with E-state index in [1.165, 1.54) is 12.8 Å². The number of carboxylic acids is 1. The number of hydrogen-bond donors (Lipinski definition) is 2. The summed E-state index contributed by atoms with van der Waals surface area (Å²) in [5.74, 6) is 0.505. The molecule has 1 fully saturated rings. The number of carbonyl (C=O) groups is 1. The summed E-state index contributed by atoms with van der Waals surface area (Å²) in [5.41, 5.74) is 1.06. The molecule has 0 saturated heterocycles. The van der Waals surface area contributed by atoms with Crippen LogP contribution in [0, 0.1) is 5.92 Å². The lowest BCUT2D eigenvalue weighted by atomic mass is 9.87. The first kappa shape index (κ1) is 13.7. The molecule has 0 aliphatic heterocycles. The van der Waals surface area contributed by atoms with E-state index in [1.54, 1.807) is 25.3 Å². The van der Waals surface area contributed by atoms with E-state index in [-0.39, 0.29) is 5.56 Å². The van der Waals surface area contributed by atoms with Gasteiger partial charge in [-0.15, -0.1) is 0 Å². The lowest BCUT2D eigenvalue weighted by molar-refractivity contribution is 0.0697. The van der Waals surface area contributed by atoms with Crippen LogP contribution >= 0.6 is 0 Å². The first-order chi connectivity index (χ1) is 9.10. The van der Waals surface area contributed by atoms with Crippen LogP contribution in [0.3, 0.4) is 0 Å². The SMILES string of the molecule is COc1ccc(C(=O)O)cc1NC1CCCC(C)C1. The van der Waals surface area contributed by atoms with Crippen LogP contribution in [0.5, 0.6) is 5.75 Å². The highest BCUT2D eigenvalue weighted by molar-refractivity contribution is 5.89. The minimum atomic E-state index is -0.914. The predicted molar refractivity (Wildman–Crippen MR) is 75.0 cm³/mol. The van der Waals surface area contributed by atoms with E-state index >= 15 is 0 Å². The second-order valence-corrected chi connectivity index (χ2v) is 5.33. The summed E-state index contributed by atoms with van der Waals surface area (Å²) in [4.78, 5) is 11.0. The van der Waals surface area contributed by atoms with Crippen LogP contribution in [-0.2, 0) is 0 Å². The minimum absolute atomic E-state index is 0.284. The first-order valence-electron chi connectivity index (χ1n) is 6.78. The van der Waals surface area contributed by atoms with Crippen LogP contribution in [-0.4, -0.2) is 24.2 Å². The van der Waals surface area contributed by atoms with Crippen molar-refractivity contribution >= 4 is 11.7 Å². The summed E-state index contributed by atoms with van der Waals surface area (Å²) in [6.07, 6.45) is 4.76. The Bertz CT molecular complexity index is 459. The smallest absolute Gasteiger partial charge is 0.335 e. The molecule has 2 atom stereocenters. The summed E-state index contributed by atoms with van der Waals surface area (Å²) in [6, 6.07) is 5.33. The molecule has 0 bridgehead atoms. The predicted octanol–water partition coefficient (Wildman–Crippen LogP) is 3.38. The molecule has 4 nitrogen and oxygen atoms in total. The molecule has 0 spiro atoms. The molecule has 4 heteroatoms. The average molecular weight is 263 g/mol. The van der Waals surface area contributed by atoms with Gasteiger partial charge in [-0.1, -0.05) is 19.8 Å². The molecule has 104 valence electrons. The van der Waals surface area contributed by atoms with Crippen LogP contribution < -0.4 is 10.1 Å². The van der Waals surface area contributed by atoms with Gasteiger partial charge in [0.15, 0.2) is 0 Å². The Morgan fingerprint density at radius 1 is 1.42 bits per heavy atom. The van der Waals surface area contributed by atoms with Crippen molar-refractivity contribution in [3.05, 3.63) is 23.8 Å². The highest BCUT2D eigenvalue weighted by Gasteiger charge is 2.20. The van der Waals surface area contributed by atoms with E-state index in [0.717, 1.165) is 24.4 Å². The van der Waals surface area contributed by atoms with Gasteiger partial charge in [0, 0.05) is 6.04 Å². The maximum Gasteiger partial charge on any atom is 0.335 e. The monoisotopic (exact) mass is 263 g/mol. The number of benzene rings is 1. The number of aromatic carboxylic acids is 1. The lowest BCUT2D eigenvalue weighted by Crippen LogP contribution is -2.26. The van der Waals surface area contributed by atoms with Crippen molar-refractivity contribution in [2.24, 2.45) is 5.92 Å². The summed E-state index contributed by atoms with van der Waals surface area (Å²) in [7, 11) is 1.60. The number of anilines is 1. The Kier molecular flexibility index (Phi) is 4.30. The third-order valence-corrected chi connectivity index (χ3v) is 3.74. The Balaban J connectivity index is 2.17. The number of ether oxygens (including phenoxy) is 1. The molecule has 2 N–H and O–H groups in total. The summed E-state index contributed by atoms with van der Waals surface area (Å²) < 4.78 is 5.29. The fourth-order valence-corrected chi connectivity index (χ4v) is 2.74. The van der Waals surface area contributed by atoms with Gasteiger partial charge in [-0.3, -0.25) is 0 Å². The number of nitrogens with one attached hydrogen (secondary N) is 1. The fraction of sp³-hybridized carbons (Fsp3) is 0.533. The second-order valence-electron chi connectivity index (χ2n) is 5.33. The van der Waals surface area contributed by atoms with Crippen molar-refractivity contribution in [3.63, 3.8) is 0 Å². The standard InChI is InChI=1S/C15H21NO3/c1-10-4-3-5-12(8-10)16-13-9-11(15(17)18)6-7-14(13)19-2/h6-7,9-10,12,16H,3-5,8H2,1-2H3,(H,17,18). The average Bonchev–Trinajstić information content (AvgIpc) is 2.38. The van der Waals surface area contributed by atoms with E-state index in [1.807, 2.05) is 0 Å². The Morgan fingerprint density at radius 2 is 2.21 bits per heavy atom. The van der Waals surface area contributed by atoms with E-state index < -0.39 is 5.97 Å². The Hall–Kier alpha value is -1.71. The van der Waals surface area contributed by atoms with Crippen molar-refractivity contribution < 1.29 is 14.6 Å². The topological polar surface area (TPSA) is 58.6 Å². The largest absolute Gasteiger partial charge is 0.495 e. The van der Waals surface area contributed by atoms with Crippen LogP contribution in [0.2, 0.25) is 0 Å². The molecule has 1 saturated carbocycles. The Labute approximate surface area is 113 Å². The molecule has 0 radical (unpaired) electrons. The van der Waals surface area contributed by atoms with E-state index in [9.17, 15) is 4.79 Å². The molecule has 1 aromatic rings. The molecule has 1 aromatic carbocycles. The maximum absolute atomic E-state index is 11.0. The van der Waals surface area contributed by atoms with Crippen molar-refractivity contribution in [2.75, 3.05) is 12.4 Å². The zero-order valence-corrected chi connectivity index (χ0v) is 11.5. The van der Waals surface area contributed by atoms with Gasteiger partial charge in [-0.2, -0.15) is 0 Å². The van der Waals surface area contributed by atoms with Gasteiger partial charge in [0.05, 0.1) is 18.4 Å². The number of methoxy groups -OCH3 is 1. The van der Waals surface area contributed by atoms with Crippen molar-refractivity contribution in [2.45, 2.75) is 38.6 Å². The van der Waals surface area contributed by atoms with Gasteiger partial charge in [0.2, 0.25) is 0 Å². The molecular formula is C15H21NO3. The zero-order chi connectivity index (χ0) is 13.8. The molecule has 0 amide bonds. The normalized spacial score (nSPS) is 22.8. The van der Waals surface area contributed by atoms with Crippen LogP contribution in [0.4, 0.5) is 5.69 Å². The quantitative estimate of drug-likeness (QED) is 0.874. The zero-order valence-electron chi connectivity index (χ0n) is 11.5. The molecule has 1 aliphatic carbocycles. The Morgan fingerprint density at radius 3 is 2.84 bits per heavy atom. The molecular weight excluding hydrogens is 242 g/mol. The third kappa shape index (κ3) is 3.40. The van der Waals surface area contributed by atoms with Gasteiger partial charge >= 0.3 is 5.97 Å². The highest BCUT2D eigenvalue weighted by Crippen LogP contribution is 2.31. The molecule has 19 heavy (non-hydrogen) atoms. The molecule has 1 aliphatic rings. The summed E-state index contributed by atoms with van der Waals surface area (Å²) in [5, 5.41) is 12.5. The molecule has 0 aromatic heterocycles. The number of hydrogen-bond acceptors (Lipinski definition) is 3. The van der Waals surface area contributed by atoms with Gasteiger partial charge in [0.1, 0.15) is 5.75 Å².